The van der Waals surface area contributed by atoms with Crippen molar-refractivity contribution in [2.45, 2.75) is 13.3 Å². The summed E-state index contributed by atoms with van der Waals surface area (Å²) in [5, 5.41) is 11.4. The second kappa shape index (κ2) is 9.76. The number of nitrogens with two attached hydrogens (primary N) is 2. The average Bonchev–Trinajstić information content (AvgIpc) is 3.19. The Balaban J connectivity index is 1.63. The molecule has 4 heteroatoms. The molecule has 4 nitrogen and oxygen atoms in total. The molecule has 33 heavy (non-hydrogen) atoms. The molecule has 4 aromatic rings. The molecule has 1 aromatic heterocycles. The molecule has 0 bridgehead atoms. The van der Waals surface area contributed by atoms with Gasteiger partial charge in [0.2, 0.25) is 0 Å². The molecule has 4 rings (SSSR count). The van der Waals surface area contributed by atoms with Gasteiger partial charge in [-0.25, -0.2) is 0 Å². The van der Waals surface area contributed by atoms with Crippen LogP contribution < -0.4 is 11.5 Å². The highest BCUT2D eigenvalue weighted by Gasteiger charge is 2.11. The first-order valence-corrected chi connectivity index (χ1v) is 10.8. The number of fused-ring (bicyclic) bond motifs is 3. The van der Waals surface area contributed by atoms with E-state index >= 15 is 0 Å². The Morgan fingerprint density at radius 3 is 2.45 bits per heavy atom. The van der Waals surface area contributed by atoms with E-state index in [1.165, 1.54) is 33.6 Å². The zero-order valence-corrected chi connectivity index (χ0v) is 18.6. The molecule has 162 valence electrons. The van der Waals surface area contributed by atoms with Gasteiger partial charge < -0.3 is 16.0 Å². The predicted octanol–water partition coefficient (Wildman–Crippen LogP) is 6.04. The Bertz CT molecular complexity index is 1460. The van der Waals surface area contributed by atoms with Gasteiger partial charge >= 0.3 is 0 Å². The number of nitriles is 1. The topological polar surface area (TPSA) is 80.8 Å². The Morgan fingerprint density at radius 2 is 1.70 bits per heavy atom. The fraction of sp³-hybridized carbons (Fsp3) is 0.0690. The molecule has 0 fully saturated rings. The predicted molar refractivity (Wildman–Crippen MR) is 138 cm³/mol. The van der Waals surface area contributed by atoms with Gasteiger partial charge in [0.15, 0.2) is 0 Å². The molecule has 0 aliphatic carbocycles. The molecule has 0 saturated carbocycles. The minimum atomic E-state index is 0.518. The highest BCUT2D eigenvalue weighted by atomic mass is 15.0. The third kappa shape index (κ3) is 4.58. The van der Waals surface area contributed by atoms with Crippen molar-refractivity contribution in [3.05, 3.63) is 126 Å². The SMILES string of the molecule is C\C(C#N)=C/C(=C\N)C(/N)=C/C=C\Cc1ccc2c(c1)c1ccccc1n2-c1ccccc1. The first-order chi connectivity index (χ1) is 16.1. The van der Waals surface area contributed by atoms with Crippen molar-refractivity contribution in [1.82, 2.24) is 4.57 Å². The molecule has 0 amide bonds. The summed E-state index contributed by atoms with van der Waals surface area (Å²) in [6.45, 7) is 1.72. The maximum absolute atomic E-state index is 8.95. The van der Waals surface area contributed by atoms with Crippen LogP contribution in [0.4, 0.5) is 0 Å². The van der Waals surface area contributed by atoms with E-state index < -0.39 is 0 Å². The van der Waals surface area contributed by atoms with Gasteiger partial charge in [-0.15, -0.1) is 0 Å². The number of hydrogen-bond donors (Lipinski definition) is 2. The van der Waals surface area contributed by atoms with E-state index in [1.807, 2.05) is 12.1 Å². The third-order valence-corrected chi connectivity index (χ3v) is 5.58. The van der Waals surface area contributed by atoms with E-state index in [2.05, 4.69) is 83.4 Å². The van der Waals surface area contributed by atoms with Gasteiger partial charge in [0.1, 0.15) is 0 Å². The van der Waals surface area contributed by atoms with E-state index in [1.54, 1.807) is 19.1 Å². The fourth-order valence-corrected chi connectivity index (χ4v) is 3.97. The van der Waals surface area contributed by atoms with Crippen molar-refractivity contribution in [3.8, 4) is 11.8 Å². The summed E-state index contributed by atoms with van der Waals surface area (Å²) in [6, 6.07) is 27.7. The van der Waals surface area contributed by atoms with Crippen LogP contribution in [0.1, 0.15) is 12.5 Å². The lowest BCUT2D eigenvalue weighted by Gasteiger charge is -2.07. The van der Waals surface area contributed by atoms with Gasteiger partial charge in [-0.2, -0.15) is 5.26 Å². The maximum atomic E-state index is 8.95. The summed E-state index contributed by atoms with van der Waals surface area (Å²) < 4.78 is 2.31. The van der Waals surface area contributed by atoms with Gasteiger partial charge in [0.25, 0.3) is 0 Å². The zero-order valence-electron chi connectivity index (χ0n) is 18.6. The van der Waals surface area contributed by atoms with Crippen LogP contribution in [0.15, 0.2) is 120 Å². The standard InChI is InChI=1S/C29H26N4/c1-21(19-30)17-23(20-31)27(32)13-7-5-9-22-15-16-29-26(18-22)25-12-6-8-14-28(25)33(29)24-10-3-2-4-11-24/h2-8,10-18,20H,9,31-32H2,1H3/b7-5-,21-17+,23-20+,27-13-. The van der Waals surface area contributed by atoms with Crippen molar-refractivity contribution in [2.24, 2.45) is 11.5 Å². The Morgan fingerprint density at radius 1 is 0.970 bits per heavy atom. The molecular weight excluding hydrogens is 404 g/mol. The molecule has 0 saturated heterocycles. The lowest BCUT2D eigenvalue weighted by molar-refractivity contribution is 1.18. The van der Waals surface area contributed by atoms with E-state index in [0.717, 1.165) is 12.1 Å². The second-order valence-electron chi connectivity index (χ2n) is 7.86. The maximum Gasteiger partial charge on any atom is 0.0944 e. The van der Waals surface area contributed by atoms with Crippen LogP contribution in [-0.4, -0.2) is 4.57 Å². The molecule has 0 aliphatic heterocycles. The van der Waals surface area contributed by atoms with E-state index in [9.17, 15) is 0 Å². The van der Waals surface area contributed by atoms with Crippen molar-refractivity contribution in [3.63, 3.8) is 0 Å². The van der Waals surface area contributed by atoms with Crippen LogP contribution in [0, 0.1) is 11.3 Å². The van der Waals surface area contributed by atoms with Crippen LogP contribution in [-0.2, 0) is 6.42 Å². The number of para-hydroxylation sites is 2. The second-order valence-corrected chi connectivity index (χ2v) is 7.86. The molecule has 3 aromatic carbocycles. The molecule has 0 radical (unpaired) electrons. The van der Waals surface area contributed by atoms with Crippen molar-refractivity contribution >= 4 is 21.8 Å². The molecule has 0 spiro atoms. The van der Waals surface area contributed by atoms with Gasteiger partial charge in [-0.3, -0.25) is 0 Å². The molecule has 0 atom stereocenters. The van der Waals surface area contributed by atoms with Crippen LogP contribution >= 0.6 is 0 Å². The summed E-state index contributed by atoms with van der Waals surface area (Å²) in [5.41, 5.74) is 18.2. The quantitative estimate of drug-likeness (QED) is 0.289. The summed E-state index contributed by atoms with van der Waals surface area (Å²) in [4.78, 5) is 0. The van der Waals surface area contributed by atoms with Crippen LogP contribution in [0.5, 0.6) is 0 Å². The number of aromatic nitrogens is 1. The van der Waals surface area contributed by atoms with Gasteiger partial charge in [0, 0.05) is 39.5 Å². The lowest BCUT2D eigenvalue weighted by atomic mass is 10.1. The number of nitrogens with zero attached hydrogens (tertiary/aromatic N) is 2. The Kier molecular flexibility index (Phi) is 6.43. The van der Waals surface area contributed by atoms with Crippen molar-refractivity contribution in [2.75, 3.05) is 0 Å². The van der Waals surface area contributed by atoms with Crippen LogP contribution in [0.25, 0.3) is 27.5 Å². The highest BCUT2D eigenvalue weighted by molar-refractivity contribution is 6.09. The molecule has 1 heterocycles. The van der Waals surface area contributed by atoms with Gasteiger partial charge in [-0.05, 0) is 61.4 Å². The van der Waals surface area contributed by atoms with Crippen LogP contribution in [0.2, 0.25) is 0 Å². The number of allylic oxidation sites excluding steroid dienone is 5. The first-order valence-electron chi connectivity index (χ1n) is 10.8. The van der Waals surface area contributed by atoms with Crippen LogP contribution in [0.3, 0.4) is 0 Å². The van der Waals surface area contributed by atoms with Crippen molar-refractivity contribution < 1.29 is 0 Å². The highest BCUT2D eigenvalue weighted by Crippen LogP contribution is 2.32. The number of rotatable bonds is 6. The molecular formula is C29H26N4. The summed E-state index contributed by atoms with van der Waals surface area (Å²) >= 11 is 0. The van der Waals surface area contributed by atoms with E-state index in [0.29, 0.717) is 16.8 Å². The normalized spacial score (nSPS) is 13.2. The smallest absolute Gasteiger partial charge is 0.0944 e. The van der Waals surface area contributed by atoms with Gasteiger partial charge in [-0.1, -0.05) is 54.6 Å². The van der Waals surface area contributed by atoms with Gasteiger partial charge in [0.05, 0.1) is 17.1 Å². The summed E-state index contributed by atoms with van der Waals surface area (Å²) in [7, 11) is 0. The Labute approximate surface area is 194 Å². The summed E-state index contributed by atoms with van der Waals surface area (Å²) in [6.07, 6.45) is 9.66. The molecule has 4 N–H and O–H groups in total. The minimum Gasteiger partial charge on any atom is -0.404 e. The van der Waals surface area contributed by atoms with Crippen molar-refractivity contribution in [1.29, 1.82) is 5.26 Å². The third-order valence-electron chi connectivity index (χ3n) is 5.58. The average molecular weight is 431 g/mol. The van der Waals surface area contributed by atoms with E-state index in [4.69, 9.17) is 16.7 Å². The molecule has 0 aliphatic rings. The van der Waals surface area contributed by atoms with E-state index in [-0.39, 0.29) is 0 Å². The largest absolute Gasteiger partial charge is 0.404 e. The lowest BCUT2D eigenvalue weighted by Crippen LogP contribution is -2.01. The minimum absolute atomic E-state index is 0.518. The monoisotopic (exact) mass is 430 g/mol. The number of hydrogen-bond acceptors (Lipinski definition) is 3. The number of benzene rings is 3. The zero-order chi connectivity index (χ0) is 23.2. The first kappa shape index (κ1) is 21.7. The summed E-state index contributed by atoms with van der Waals surface area (Å²) in [5.74, 6) is 0. The fourth-order valence-electron chi connectivity index (χ4n) is 3.97. The Hall–Kier alpha value is -4.49. The molecule has 0 unspecified atom stereocenters.